The van der Waals surface area contributed by atoms with Crippen LogP contribution < -0.4 is 10.2 Å². The molecule has 21 heavy (non-hydrogen) atoms. The molecule has 1 rings (SSSR count). The molecule has 0 fully saturated rings. The van der Waals surface area contributed by atoms with E-state index < -0.39 is 0 Å². The summed E-state index contributed by atoms with van der Waals surface area (Å²) in [4.78, 5) is 8.53. The third-order valence-electron chi connectivity index (χ3n) is 3.52. The number of anilines is 1. The predicted molar refractivity (Wildman–Crippen MR) is 96.1 cm³/mol. The molecule has 0 amide bonds. The number of nitrogens with one attached hydrogen (secondary N) is 1. The van der Waals surface area contributed by atoms with Crippen molar-refractivity contribution in [1.82, 2.24) is 10.3 Å². The van der Waals surface area contributed by atoms with Crippen molar-refractivity contribution in [1.29, 1.82) is 0 Å². The molecule has 4 nitrogen and oxygen atoms in total. The van der Waals surface area contributed by atoms with Crippen molar-refractivity contribution in [2.45, 2.75) is 32.7 Å². The van der Waals surface area contributed by atoms with Crippen LogP contribution in [0.5, 0.6) is 0 Å². The van der Waals surface area contributed by atoms with Crippen LogP contribution in [0, 0.1) is 0 Å². The Kier molecular flexibility index (Phi) is 9.31. The lowest BCUT2D eigenvalue weighted by atomic mass is 10.0. The molecule has 1 unspecified atom stereocenters. The van der Waals surface area contributed by atoms with E-state index in [9.17, 15) is 0 Å². The monoisotopic (exact) mass is 331 g/mol. The third kappa shape index (κ3) is 6.14. The van der Waals surface area contributed by atoms with Gasteiger partial charge in [-0.05, 0) is 18.6 Å². The first-order valence-corrected chi connectivity index (χ1v) is 9.74. The first-order valence-electron chi connectivity index (χ1n) is 7.53. The quantitative estimate of drug-likeness (QED) is 0.630. The van der Waals surface area contributed by atoms with Gasteiger partial charge >= 0.3 is 0 Å². The lowest BCUT2D eigenvalue weighted by molar-refractivity contribution is 0.199. The lowest BCUT2D eigenvalue weighted by Crippen LogP contribution is -2.19. The Morgan fingerprint density at radius 2 is 2.24 bits per heavy atom. The molecule has 0 bridgehead atoms. The molecule has 1 heterocycles. The number of thiazole rings is 1. The Balaban J connectivity index is 2.75. The van der Waals surface area contributed by atoms with Gasteiger partial charge in [0.05, 0.1) is 12.3 Å². The molecule has 1 aromatic heterocycles. The summed E-state index contributed by atoms with van der Waals surface area (Å²) in [5, 5.41) is 4.58. The zero-order chi connectivity index (χ0) is 15.7. The highest BCUT2D eigenvalue weighted by molar-refractivity contribution is 7.98. The van der Waals surface area contributed by atoms with Crippen molar-refractivity contribution < 1.29 is 4.74 Å². The highest BCUT2D eigenvalue weighted by Crippen LogP contribution is 2.31. The summed E-state index contributed by atoms with van der Waals surface area (Å²) in [6, 6.07) is 0. The van der Waals surface area contributed by atoms with E-state index >= 15 is 0 Å². The molecule has 0 aliphatic rings. The summed E-state index contributed by atoms with van der Waals surface area (Å²) in [6.07, 6.45) is 3.27. The summed E-state index contributed by atoms with van der Waals surface area (Å²) in [5.74, 6) is 1.65. The second-order valence-electron chi connectivity index (χ2n) is 5.20. The van der Waals surface area contributed by atoms with E-state index in [0.717, 1.165) is 43.5 Å². The number of rotatable bonds is 11. The third-order valence-corrected chi connectivity index (χ3v) is 5.30. The van der Waals surface area contributed by atoms with Crippen molar-refractivity contribution in [3.8, 4) is 0 Å². The number of nitrogens with zero attached hydrogens (tertiary/aromatic N) is 2. The molecular formula is C15H29N3OS2. The number of hydrogen-bond acceptors (Lipinski definition) is 6. The van der Waals surface area contributed by atoms with Gasteiger partial charge in [0.15, 0.2) is 5.13 Å². The van der Waals surface area contributed by atoms with Crippen LogP contribution in [0.15, 0.2) is 0 Å². The molecule has 0 saturated carbocycles. The van der Waals surface area contributed by atoms with E-state index in [1.165, 1.54) is 10.6 Å². The van der Waals surface area contributed by atoms with Gasteiger partial charge in [-0.3, -0.25) is 0 Å². The summed E-state index contributed by atoms with van der Waals surface area (Å²) >= 11 is 3.70. The maximum Gasteiger partial charge on any atom is 0.185 e. The maximum atomic E-state index is 5.08. The molecule has 122 valence electrons. The normalized spacial score (nSPS) is 12.6. The summed E-state index contributed by atoms with van der Waals surface area (Å²) < 4.78 is 5.08. The second-order valence-corrected chi connectivity index (χ2v) is 7.25. The zero-order valence-corrected chi connectivity index (χ0v) is 15.6. The van der Waals surface area contributed by atoms with Crippen LogP contribution in [-0.4, -0.2) is 50.8 Å². The topological polar surface area (TPSA) is 37.4 Å². The van der Waals surface area contributed by atoms with Crippen molar-refractivity contribution in [2.75, 3.05) is 50.8 Å². The zero-order valence-electron chi connectivity index (χ0n) is 13.9. The second kappa shape index (κ2) is 10.4. The molecule has 0 radical (unpaired) electrons. The van der Waals surface area contributed by atoms with Crippen LogP contribution in [0.2, 0.25) is 0 Å². The van der Waals surface area contributed by atoms with E-state index in [2.05, 4.69) is 37.4 Å². The van der Waals surface area contributed by atoms with E-state index in [-0.39, 0.29) is 0 Å². The molecule has 1 N–H and O–H groups in total. The largest absolute Gasteiger partial charge is 0.383 e. The average molecular weight is 332 g/mol. The van der Waals surface area contributed by atoms with Crippen LogP contribution in [0.3, 0.4) is 0 Å². The van der Waals surface area contributed by atoms with Crippen molar-refractivity contribution >= 4 is 28.2 Å². The highest BCUT2D eigenvalue weighted by Gasteiger charge is 2.17. The SMILES string of the molecule is CCC(C)c1nc(N(C)CCSC)sc1CNCCOC. The van der Waals surface area contributed by atoms with Gasteiger partial charge < -0.3 is 15.0 Å². The van der Waals surface area contributed by atoms with Crippen molar-refractivity contribution in [3.63, 3.8) is 0 Å². The van der Waals surface area contributed by atoms with Gasteiger partial charge in [0.2, 0.25) is 0 Å². The summed E-state index contributed by atoms with van der Waals surface area (Å²) in [7, 11) is 3.87. The van der Waals surface area contributed by atoms with Gasteiger partial charge in [-0.25, -0.2) is 4.98 Å². The lowest BCUT2D eigenvalue weighted by Gasteiger charge is -2.14. The van der Waals surface area contributed by atoms with Crippen LogP contribution in [0.25, 0.3) is 0 Å². The molecule has 0 aliphatic carbocycles. The van der Waals surface area contributed by atoms with Gasteiger partial charge in [-0.1, -0.05) is 13.8 Å². The minimum atomic E-state index is 0.517. The minimum absolute atomic E-state index is 0.517. The fourth-order valence-corrected chi connectivity index (χ4v) is 3.51. The van der Waals surface area contributed by atoms with Gasteiger partial charge in [-0.2, -0.15) is 11.8 Å². The standard InChI is InChI=1S/C15H29N3OS2/c1-6-12(2)14-13(11-16-7-9-19-4)21-15(17-14)18(3)8-10-20-5/h12,16H,6-11H2,1-5H3. The van der Waals surface area contributed by atoms with Crippen molar-refractivity contribution in [2.24, 2.45) is 0 Å². The molecule has 1 atom stereocenters. The van der Waals surface area contributed by atoms with E-state index in [1.807, 2.05) is 23.1 Å². The number of methoxy groups -OCH3 is 1. The van der Waals surface area contributed by atoms with Gasteiger partial charge in [0.1, 0.15) is 0 Å². The van der Waals surface area contributed by atoms with Crippen LogP contribution in [-0.2, 0) is 11.3 Å². The molecule has 1 aromatic rings. The molecular weight excluding hydrogens is 302 g/mol. The fraction of sp³-hybridized carbons (Fsp3) is 0.800. The minimum Gasteiger partial charge on any atom is -0.383 e. The Morgan fingerprint density at radius 1 is 1.48 bits per heavy atom. The first-order chi connectivity index (χ1) is 10.1. The molecule has 0 saturated heterocycles. The van der Waals surface area contributed by atoms with E-state index in [1.54, 1.807) is 7.11 Å². The Morgan fingerprint density at radius 3 is 2.86 bits per heavy atom. The van der Waals surface area contributed by atoms with E-state index in [4.69, 9.17) is 9.72 Å². The number of ether oxygens (including phenoxy) is 1. The summed E-state index contributed by atoms with van der Waals surface area (Å²) in [5.41, 5.74) is 1.26. The van der Waals surface area contributed by atoms with Gasteiger partial charge in [0, 0.05) is 44.4 Å². The molecule has 0 spiro atoms. The predicted octanol–water partition coefficient (Wildman–Crippen LogP) is 3.19. The summed E-state index contributed by atoms with van der Waals surface area (Å²) in [6.45, 7) is 8.05. The molecule has 6 heteroatoms. The number of thioether (sulfide) groups is 1. The van der Waals surface area contributed by atoms with Crippen molar-refractivity contribution in [3.05, 3.63) is 10.6 Å². The Labute approximate surface area is 137 Å². The number of aromatic nitrogens is 1. The first kappa shape index (κ1) is 18.7. The number of hydrogen-bond donors (Lipinski definition) is 1. The smallest absolute Gasteiger partial charge is 0.185 e. The van der Waals surface area contributed by atoms with Crippen LogP contribution in [0.4, 0.5) is 5.13 Å². The molecule has 0 aliphatic heterocycles. The van der Waals surface area contributed by atoms with Crippen LogP contribution >= 0.6 is 23.1 Å². The van der Waals surface area contributed by atoms with Gasteiger partial charge in [-0.15, -0.1) is 11.3 Å². The van der Waals surface area contributed by atoms with Crippen LogP contribution in [0.1, 0.15) is 36.8 Å². The molecule has 0 aromatic carbocycles. The Hall–Kier alpha value is -0.300. The average Bonchev–Trinajstić information content (AvgIpc) is 2.92. The fourth-order valence-electron chi connectivity index (χ4n) is 1.92. The van der Waals surface area contributed by atoms with E-state index in [0.29, 0.717) is 5.92 Å². The maximum absolute atomic E-state index is 5.08. The van der Waals surface area contributed by atoms with Gasteiger partial charge in [0.25, 0.3) is 0 Å². The highest BCUT2D eigenvalue weighted by atomic mass is 32.2. The Bertz CT molecular complexity index is 398.